The first kappa shape index (κ1) is 26.6. The second-order valence-corrected chi connectivity index (χ2v) is 7.89. The molecule has 0 bridgehead atoms. The highest BCUT2D eigenvalue weighted by atomic mass is 35.5. The molecule has 0 spiro atoms. The van der Waals surface area contributed by atoms with E-state index in [1.807, 2.05) is 50.5 Å². The van der Waals surface area contributed by atoms with E-state index >= 15 is 0 Å². The lowest BCUT2D eigenvalue weighted by atomic mass is 10.2. The normalized spacial score (nSPS) is 10.0. The maximum Gasteiger partial charge on any atom is 0.303 e. The lowest BCUT2D eigenvalue weighted by Crippen LogP contribution is -2.18. The Kier molecular flexibility index (Phi) is 11.2. The highest BCUT2D eigenvalue weighted by molar-refractivity contribution is 7.18. The van der Waals surface area contributed by atoms with Crippen molar-refractivity contribution in [3.8, 4) is 10.6 Å². The van der Waals surface area contributed by atoms with Gasteiger partial charge in [0.15, 0.2) is 5.13 Å². The number of anilines is 3. The fourth-order valence-electron chi connectivity index (χ4n) is 2.83. The molecule has 0 aliphatic heterocycles. The number of pyridine rings is 2. The number of rotatable bonds is 10. The molecular weight excluding hydrogens is 457 g/mol. The van der Waals surface area contributed by atoms with Crippen molar-refractivity contribution in [2.24, 2.45) is 0 Å². The van der Waals surface area contributed by atoms with Crippen LogP contribution in [0.2, 0.25) is 0 Å². The summed E-state index contributed by atoms with van der Waals surface area (Å²) in [6.45, 7) is 2.87. The third kappa shape index (κ3) is 8.32. The van der Waals surface area contributed by atoms with Gasteiger partial charge >= 0.3 is 5.97 Å². The van der Waals surface area contributed by atoms with Crippen molar-refractivity contribution in [1.82, 2.24) is 15.0 Å². The first-order chi connectivity index (χ1) is 14.0. The van der Waals surface area contributed by atoms with Gasteiger partial charge in [-0.25, -0.2) is 15.0 Å². The third-order valence-corrected chi connectivity index (χ3v) is 5.51. The number of unbranched alkanes of at least 4 members (excludes halogenated alkanes) is 2. The van der Waals surface area contributed by atoms with E-state index in [0.717, 1.165) is 52.3 Å². The molecule has 3 rings (SSSR count). The van der Waals surface area contributed by atoms with Crippen LogP contribution in [0.1, 0.15) is 31.2 Å². The number of aryl methyl sites for hydroxylation is 1. The van der Waals surface area contributed by atoms with Crippen LogP contribution in [-0.4, -0.2) is 39.6 Å². The quantitative estimate of drug-likeness (QED) is 0.363. The summed E-state index contributed by atoms with van der Waals surface area (Å²) in [5.41, 5.74) is 2.00. The number of carboxylic acid groups (broad SMARTS) is 1. The van der Waals surface area contributed by atoms with Crippen LogP contribution >= 0.6 is 36.2 Å². The van der Waals surface area contributed by atoms with Gasteiger partial charge in [0, 0.05) is 32.4 Å². The van der Waals surface area contributed by atoms with Crippen molar-refractivity contribution in [3.63, 3.8) is 0 Å². The molecule has 2 N–H and O–H groups in total. The summed E-state index contributed by atoms with van der Waals surface area (Å²) >= 11 is 1.60. The molecular formula is C21H27Cl2N5O2S. The van der Waals surface area contributed by atoms with Crippen molar-refractivity contribution in [3.05, 3.63) is 48.3 Å². The van der Waals surface area contributed by atoms with Gasteiger partial charge in [0.05, 0.1) is 10.6 Å². The Labute approximate surface area is 198 Å². The average molecular weight is 484 g/mol. The molecule has 0 amide bonds. The molecule has 0 saturated heterocycles. The zero-order valence-corrected chi connectivity index (χ0v) is 19.9. The van der Waals surface area contributed by atoms with Gasteiger partial charge in [0.2, 0.25) is 0 Å². The SMILES string of the molecule is Cc1ccnc(Nc2cccc(-c3cnc(N(C)CCCCCC(=O)O)s3)n2)c1.Cl.Cl. The predicted octanol–water partition coefficient (Wildman–Crippen LogP) is 5.58. The molecule has 3 aromatic heterocycles. The van der Waals surface area contributed by atoms with Crippen LogP contribution in [0.5, 0.6) is 0 Å². The van der Waals surface area contributed by atoms with Gasteiger partial charge in [-0.15, -0.1) is 24.8 Å². The summed E-state index contributed by atoms with van der Waals surface area (Å²) < 4.78 is 0. The highest BCUT2D eigenvalue weighted by Crippen LogP contribution is 2.30. The van der Waals surface area contributed by atoms with Crippen LogP contribution in [-0.2, 0) is 4.79 Å². The minimum absolute atomic E-state index is 0. The molecule has 168 valence electrons. The zero-order valence-electron chi connectivity index (χ0n) is 17.4. The molecule has 0 aliphatic carbocycles. The first-order valence-corrected chi connectivity index (χ1v) is 10.4. The standard InChI is InChI=1S/C21H25N5O2S.2ClH/c1-15-10-11-22-19(13-15)25-18-8-6-7-16(24-18)17-14-23-21(29-17)26(2)12-5-3-4-9-20(27)28;;/h6-8,10-11,13-14H,3-5,9,12H2,1-2H3,(H,27,28)(H,22,24,25);2*1H. The molecule has 10 heteroatoms. The van der Waals surface area contributed by atoms with Gasteiger partial charge in [0.1, 0.15) is 11.6 Å². The molecule has 3 heterocycles. The maximum absolute atomic E-state index is 10.6. The van der Waals surface area contributed by atoms with E-state index in [1.54, 1.807) is 17.5 Å². The topological polar surface area (TPSA) is 91.2 Å². The number of nitrogens with zero attached hydrogens (tertiary/aromatic N) is 4. The zero-order chi connectivity index (χ0) is 20.6. The number of carboxylic acids is 1. The maximum atomic E-state index is 10.6. The predicted molar refractivity (Wildman–Crippen MR) is 131 cm³/mol. The van der Waals surface area contributed by atoms with Gasteiger partial charge in [-0.3, -0.25) is 4.79 Å². The van der Waals surface area contributed by atoms with E-state index in [2.05, 4.69) is 25.2 Å². The van der Waals surface area contributed by atoms with E-state index in [1.165, 1.54) is 0 Å². The van der Waals surface area contributed by atoms with E-state index in [0.29, 0.717) is 6.42 Å². The largest absolute Gasteiger partial charge is 0.481 e. The van der Waals surface area contributed by atoms with Crippen LogP contribution in [0.25, 0.3) is 10.6 Å². The smallest absolute Gasteiger partial charge is 0.303 e. The number of aromatic nitrogens is 3. The van der Waals surface area contributed by atoms with Crippen molar-refractivity contribution < 1.29 is 9.90 Å². The van der Waals surface area contributed by atoms with Crippen molar-refractivity contribution >= 4 is 58.9 Å². The van der Waals surface area contributed by atoms with Crippen molar-refractivity contribution in [2.45, 2.75) is 32.6 Å². The summed E-state index contributed by atoms with van der Waals surface area (Å²) in [7, 11) is 2.01. The molecule has 0 fully saturated rings. The van der Waals surface area contributed by atoms with Crippen molar-refractivity contribution in [1.29, 1.82) is 0 Å². The second kappa shape index (κ2) is 13.1. The third-order valence-electron chi connectivity index (χ3n) is 4.38. The fourth-order valence-corrected chi connectivity index (χ4v) is 3.71. The number of hydrogen-bond acceptors (Lipinski definition) is 7. The van der Waals surface area contributed by atoms with Crippen LogP contribution in [0, 0.1) is 6.92 Å². The van der Waals surface area contributed by atoms with E-state index < -0.39 is 5.97 Å². The fraction of sp³-hybridized carbons (Fsp3) is 0.333. The molecule has 7 nitrogen and oxygen atoms in total. The molecule has 0 aliphatic rings. The lowest BCUT2D eigenvalue weighted by Gasteiger charge is -2.15. The van der Waals surface area contributed by atoms with Crippen LogP contribution in [0.3, 0.4) is 0 Å². The number of aliphatic carboxylic acids is 1. The average Bonchev–Trinajstić information content (AvgIpc) is 3.18. The van der Waals surface area contributed by atoms with Gasteiger partial charge in [-0.1, -0.05) is 23.8 Å². The first-order valence-electron chi connectivity index (χ1n) is 9.57. The monoisotopic (exact) mass is 483 g/mol. The molecule has 0 radical (unpaired) electrons. The number of nitrogens with one attached hydrogen (secondary N) is 1. The Hall–Kier alpha value is -2.42. The molecule has 0 aromatic carbocycles. The van der Waals surface area contributed by atoms with E-state index in [4.69, 9.17) is 5.11 Å². The Morgan fingerprint density at radius 2 is 1.94 bits per heavy atom. The Morgan fingerprint density at radius 3 is 2.68 bits per heavy atom. The summed E-state index contributed by atoms with van der Waals surface area (Å²) in [6, 6.07) is 9.78. The molecule has 0 unspecified atom stereocenters. The van der Waals surface area contributed by atoms with E-state index in [-0.39, 0.29) is 31.2 Å². The molecule has 0 atom stereocenters. The Balaban J connectivity index is 0.00000240. The van der Waals surface area contributed by atoms with Crippen LogP contribution in [0.4, 0.5) is 16.8 Å². The summed E-state index contributed by atoms with van der Waals surface area (Å²) in [4.78, 5) is 27.2. The molecule has 3 aromatic rings. The molecule has 31 heavy (non-hydrogen) atoms. The minimum atomic E-state index is -0.731. The van der Waals surface area contributed by atoms with E-state index in [9.17, 15) is 4.79 Å². The number of carbonyl (C=O) groups is 1. The number of hydrogen-bond donors (Lipinski definition) is 2. The lowest BCUT2D eigenvalue weighted by molar-refractivity contribution is -0.137. The van der Waals surface area contributed by atoms with Gasteiger partial charge < -0.3 is 15.3 Å². The summed E-state index contributed by atoms with van der Waals surface area (Å²) in [5.74, 6) is 0.773. The minimum Gasteiger partial charge on any atom is -0.481 e. The van der Waals surface area contributed by atoms with Gasteiger partial charge in [-0.2, -0.15) is 0 Å². The molecule has 0 saturated carbocycles. The highest BCUT2D eigenvalue weighted by Gasteiger charge is 2.10. The van der Waals surface area contributed by atoms with Crippen molar-refractivity contribution in [2.75, 3.05) is 23.8 Å². The van der Waals surface area contributed by atoms with Gasteiger partial charge in [0.25, 0.3) is 0 Å². The second-order valence-electron chi connectivity index (χ2n) is 6.88. The van der Waals surface area contributed by atoms with Gasteiger partial charge in [-0.05, 0) is 49.6 Å². The van der Waals surface area contributed by atoms with Crippen LogP contribution < -0.4 is 10.2 Å². The summed E-state index contributed by atoms with van der Waals surface area (Å²) in [5, 5.41) is 12.9. The summed E-state index contributed by atoms with van der Waals surface area (Å²) in [6.07, 6.45) is 6.41. The Morgan fingerprint density at radius 1 is 1.13 bits per heavy atom. The van der Waals surface area contributed by atoms with Crippen LogP contribution in [0.15, 0.2) is 42.7 Å². The number of thiazole rings is 1. The Bertz CT molecular complexity index is 970. The number of halogens is 2.